The predicted molar refractivity (Wildman–Crippen MR) is 74.1 cm³/mol. The Kier molecular flexibility index (Phi) is 5.15. The van der Waals surface area contributed by atoms with Crippen molar-refractivity contribution in [3.8, 4) is 0 Å². The van der Waals surface area contributed by atoms with Crippen LogP contribution >= 0.6 is 46.1 Å². The van der Waals surface area contributed by atoms with Gasteiger partial charge in [0.2, 0.25) is 10.0 Å². The van der Waals surface area contributed by atoms with Crippen molar-refractivity contribution in [1.29, 1.82) is 0 Å². The highest BCUT2D eigenvalue weighted by molar-refractivity contribution is 7.89. The van der Waals surface area contributed by atoms with Gasteiger partial charge in [-0.2, -0.15) is 0 Å². The monoisotopic (exact) mass is 335 g/mol. The van der Waals surface area contributed by atoms with E-state index in [0.717, 1.165) is 11.3 Å². The van der Waals surface area contributed by atoms with E-state index in [4.69, 9.17) is 34.8 Å². The summed E-state index contributed by atoms with van der Waals surface area (Å²) in [5, 5.41) is 0. The Labute approximate surface area is 120 Å². The van der Waals surface area contributed by atoms with Gasteiger partial charge < -0.3 is 0 Å². The Hall–Kier alpha value is 0.480. The molecule has 0 aromatic carbocycles. The third-order valence-electron chi connectivity index (χ3n) is 2.37. The zero-order valence-electron chi connectivity index (χ0n) is 9.26. The van der Waals surface area contributed by atoms with Crippen molar-refractivity contribution in [2.24, 2.45) is 0 Å². The van der Waals surface area contributed by atoms with E-state index in [0.29, 0.717) is 10.8 Å². The minimum atomic E-state index is -3.69. The van der Waals surface area contributed by atoms with Crippen LogP contribution in [-0.4, -0.2) is 19.8 Å². The molecule has 1 heterocycles. The maximum Gasteiger partial charge on any atom is 0.243 e. The van der Waals surface area contributed by atoms with Gasteiger partial charge in [-0.1, -0.05) is 30.1 Å². The van der Waals surface area contributed by atoms with Gasteiger partial charge in [0.15, 0.2) is 0 Å². The van der Waals surface area contributed by atoms with Crippen LogP contribution in [0.5, 0.6) is 0 Å². The number of nitrogens with one attached hydrogen (secondary N) is 1. The van der Waals surface area contributed by atoms with Crippen LogP contribution in [0.4, 0.5) is 0 Å². The fourth-order valence-corrected chi connectivity index (χ4v) is 5.04. The van der Waals surface area contributed by atoms with E-state index in [2.05, 4.69) is 4.72 Å². The molecule has 0 radical (unpaired) electrons. The lowest BCUT2D eigenvalue weighted by Gasteiger charge is -2.26. The second-order valence-corrected chi connectivity index (χ2v) is 8.05. The number of sulfonamides is 1. The summed E-state index contributed by atoms with van der Waals surface area (Å²) < 4.78 is 27.2. The number of hydrogen-bond acceptors (Lipinski definition) is 3. The molecule has 0 fully saturated rings. The molecule has 0 saturated carbocycles. The minimum Gasteiger partial charge on any atom is -0.207 e. The fraction of sp³-hybridized carbons (Fsp3) is 0.556. The Bertz CT molecular complexity index is 494. The normalized spacial score (nSPS) is 15.8. The van der Waals surface area contributed by atoms with Crippen LogP contribution in [0, 0.1) is 0 Å². The van der Waals surface area contributed by atoms with Crippen molar-refractivity contribution >= 4 is 56.2 Å². The third-order valence-corrected chi connectivity index (χ3v) is 6.35. The molecule has 1 aromatic rings. The van der Waals surface area contributed by atoms with Crippen LogP contribution in [-0.2, 0) is 10.0 Å². The quantitative estimate of drug-likeness (QED) is 0.833. The molecule has 0 amide bonds. The van der Waals surface area contributed by atoms with Gasteiger partial charge in [0.25, 0.3) is 0 Å². The Morgan fingerprint density at radius 3 is 2.41 bits per heavy atom. The average Bonchev–Trinajstić information content (AvgIpc) is 2.58. The second kappa shape index (κ2) is 5.63. The van der Waals surface area contributed by atoms with E-state index >= 15 is 0 Å². The van der Waals surface area contributed by atoms with Gasteiger partial charge >= 0.3 is 0 Å². The first kappa shape index (κ1) is 15.5. The molecule has 98 valence electrons. The van der Waals surface area contributed by atoms with E-state index in [1.54, 1.807) is 6.92 Å². The summed E-state index contributed by atoms with van der Waals surface area (Å²) in [5.41, 5.74) is -0.696. The van der Waals surface area contributed by atoms with Gasteiger partial charge in [0, 0.05) is 11.4 Å². The maximum absolute atomic E-state index is 12.1. The van der Waals surface area contributed by atoms with Crippen LogP contribution in [0.1, 0.15) is 20.3 Å². The highest BCUT2D eigenvalue weighted by Gasteiger charge is 2.30. The van der Waals surface area contributed by atoms with Gasteiger partial charge in [-0.3, -0.25) is 0 Å². The molecular formula is C9H12Cl3NO2S2. The van der Waals surface area contributed by atoms with Gasteiger partial charge in [0.05, 0.1) is 4.34 Å². The standard InChI is InChI=1S/C9H12Cl3NO2S2/c1-3-9(2,5-10)13-17(14,15)6-4-7(11)16-8(6)12/h4,13H,3,5H2,1-2H3. The van der Waals surface area contributed by atoms with Crippen LogP contribution in [0.3, 0.4) is 0 Å². The molecule has 1 aromatic heterocycles. The molecule has 3 nitrogen and oxygen atoms in total. The van der Waals surface area contributed by atoms with Crippen molar-refractivity contribution in [3.63, 3.8) is 0 Å². The lowest BCUT2D eigenvalue weighted by Crippen LogP contribution is -2.46. The van der Waals surface area contributed by atoms with Crippen LogP contribution in [0.15, 0.2) is 11.0 Å². The first-order chi connectivity index (χ1) is 7.74. The van der Waals surface area contributed by atoms with Crippen LogP contribution < -0.4 is 4.72 Å². The molecule has 17 heavy (non-hydrogen) atoms. The zero-order valence-corrected chi connectivity index (χ0v) is 13.2. The number of halogens is 3. The lowest BCUT2D eigenvalue weighted by molar-refractivity contribution is 0.444. The van der Waals surface area contributed by atoms with Crippen LogP contribution in [0.2, 0.25) is 8.67 Å². The molecule has 0 aliphatic heterocycles. The summed E-state index contributed by atoms with van der Waals surface area (Å²) in [7, 11) is -3.69. The summed E-state index contributed by atoms with van der Waals surface area (Å²) in [5.74, 6) is 0.179. The summed E-state index contributed by atoms with van der Waals surface area (Å²) in [4.78, 5) is -0.000965. The molecule has 0 aliphatic carbocycles. The SMILES string of the molecule is CCC(C)(CCl)NS(=O)(=O)c1cc(Cl)sc1Cl. The Balaban J connectivity index is 3.09. The minimum absolute atomic E-state index is 0.000965. The molecule has 1 unspecified atom stereocenters. The van der Waals surface area contributed by atoms with Crippen molar-refractivity contribution in [2.45, 2.75) is 30.7 Å². The topological polar surface area (TPSA) is 46.2 Å². The maximum atomic E-state index is 12.1. The molecule has 1 rings (SSSR count). The van der Waals surface area contributed by atoms with E-state index < -0.39 is 15.6 Å². The van der Waals surface area contributed by atoms with E-state index in [1.807, 2.05) is 6.92 Å². The van der Waals surface area contributed by atoms with E-state index in [9.17, 15) is 8.42 Å². The van der Waals surface area contributed by atoms with Gasteiger partial charge in [-0.15, -0.1) is 22.9 Å². The van der Waals surface area contributed by atoms with E-state index in [-0.39, 0.29) is 15.1 Å². The molecule has 0 spiro atoms. The Morgan fingerprint density at radius 2 is 2.06 bits per heavy atom. The molecule has 0 aliphatic rings. The highest BCUT2D eigenvalue weighted by atomic mass is 35.5. The highest BCUT2D eigenvalue weighted by Crippen LogP contribution is 2.34. The summed E-state index contributed by atoms with van der Waals surface area (Å²) in [6.07, 6.45) is 0.575. The number of alkyl halides is 1. The van der Waals surface area contributed by atoms with Gasteiger partial charge in [-0.05, 0) is 19.4 Å². The van der Waals surface area contributed by atoms with Crippen molar-refractivity contribution in [2.75, 3.05) is 5.88 Å². The third kappa shape index (κ3) is 3.72. The van der Waals surface area contributed by atoms with Crippen molar-refractivity contribution in [1.82, 2.24) is 4.72 Å². The predicted octanol–water partition coefficient (Wildman–Crippen LogP) is 3.74. The smallest absolute Gasteiger partial charge is 0.207 e. The van der Waals surface area contributed by atoms with Crippen molar-refractivity contribution in [3.05, 3.63) is 14.7 Å². The first-order valence-electron chi connectivity index (χ1n) is 4.79. The molecule has 1 N–H and O–H groups in total. The fourth-order valence-electron chi connectivity index (χ4n) is 1.08. The number of thiophene rings is 1. The lowest BCUT2D eigenvalue weighted by atomic mass is 10.0. The summed E-state index contributed by atoms with van der Waals surface area (Å²) >= 11 is 18.3. The number of hydrogen-bond donors (Lipinski definition) is 1. The largest absolute Gasteiger partial charge is 0.243 e. The van der Waals surface area contributed by atoms with Crippen molar-refractivity contribution < 1.29 is 8.42 Å². The molecule has 0 saturated heterocycles. The average molecular weight is 337 g/mol. The van der Waals surface area contributed by atoms with Crippen LogP contribution in [0.25, 0.3) is 0 Å². The zero-order chi connectivity index (χ0) is 13.3. The molecule has 0 bridgehead atoms. The molecule has 1 atom stereocenters. The number of rotatable bonds is 5. The van der Waals surface area contributed by atoms with Gasteiger partial charge in [0.1, 0.15) is 9.23 Å². The molecule has 8 heteroatoms. The summed E-state index contributed by atoms with van der Waals surface area (Å²) in [6, 6.07) is 1.33. The first-order valence-corrected chi connectivity index (χ1v) is 8.38. The summed E-state index contributed by atoms with van der Waals surface area (Å²) in [6.45, 7) is 3.59. The van der Waals surface area contributed by atoms with Gasteiger partial charge in [-0.25, -0.2) is 13.1 Å². The van der Waals surface area contributed by atoms with E-state index in [1.165, 1.54) is 6.07 Å². The molecular weight excluding hydrogens is 325 g/mol. The Morgan fingerprint density at radius 1 is 1.47 bits per heavy atom. The second-order valence-electron chi connectivity index (χ2n) is 3.84.